The molecule has 15 heavy (non-hydrogen) atoms. The van der Waals surface area contributed by atoms with E-state index in [1.807, 2.05) is 23.1 Å². The lowest BCUT2D eigenvalue weighted by molar-refractivity contribution is 0.694. The van der Waals surface area contributed by atoms with Gasteiger partial charge in [0.15, 0.2) is 0 Å². The van der Waals surface area contributed by atoms with Gasteiger partial charge in [0.05, 0.1) is 11.7 Å². The van der Waals surface area contributed by atoms with Crippen LogP contribution in [0, 0.1) is 0 Å². The second-order valence-corrected chi connectivity index (χ2v) is 6.38. The van der Waals surface area contributed by atoms with E-state index in [1.54, 1.807) is 0 Å². The third-order valence-electron chi connectivity index (χ3n) is 2.71. The van der Waals surface area contributed by atoms with E-state index in [-0.39, 0.29) is 6.04 Å². The van der Waals surface area contributed by atoms with E-state index in [9.17, 15) is 0 Å². The summed E-state index contributed by atoms with van der Waals surface area (Å²) in [5.74, 6) is 2.34. The maximum Gasteiger partial charge on any atom is 0.110 e. The lowest BCUT2D eigenvalue weighted by atomic mass is 10.2. The van der Waals surface area contributed by atoms with E-state index in [1.165, 1.54) is 35.6 Å². The molecule has 0 fully saturated rings. The van der Waals surface area contributed by atoms with Gasteiger partial charge in [-0.1, -0.05) is 6.92 Å². The van der Waals surface area contributed by atoms with Crippen molar-refractivity contribution >= 4 is 23.1 Å². The molecule has 0 saturated heterocycles. The number of hydrogen-bond donors (Lipinski definition) is 1. The molecule has 0 amide bonds. The van der Waals surface area contributed by atoms with Crippen LogP contribution in [0.15, 0.2) is 0 Å². The molecule has 0 aliphatic heterocycles. The van der Waals surface area contributed by atoms with Crippen LogP contribution in [0.2, 0.25) is 0 Å². The summed E-state index contributed by atoms with van der Waals surface area (Å²) in [6.07, 6.45) is 4.74. The SMILES string of the molecule is CCSCCC(N)c1nc2c(s1)CCC2. The van der Waals surface area contributed by atoms with Gasteiger partial charge in [-0.05, 0) is 37.2 Å². The van der Waals surface area contributed by atoms with E-state index in [4.69, 9.17) is 5.73 Å². The molecule has 84 valence electrons. The average Bonchev–Trinajstić information content (AvgIpc) is 2.76. The van der Waals surface area contributed by atoms with Crippen LogP contribution in [0.3, 0.4) is 0 Å². The topological polar surface area (TPSA) is 38.9 Å². The van der Waals surface area contributed by atoms with E-state index < -0.39 is 0 Å². The highest BCUT2D eigenvalue weighted by Crippen LogP contribution is 2.31. The van der Waals surface area contributed by atoms with Gasteiger partial charge in [-0.25, -0.2) is 4.98 Å². The Balaban J connectivity index is 1.91. The smallest absolute Gasteiger partial charge is 0.110 e. The van der Waals surface area contributed by atoms with Gasteiger partial charge in [0, 0.05) is 4.88 Å². The van der Waals surface area contributed by atoms with E-state index in [0.717, 1.165) is 17.2 Å². The van der Waals surface area contributed by atoms with Crippen molar-refractivity contribution in [3.8, 4) is 0 Å². The van der Waals surface area contributed by atoms with Crippen LogP contribution in [0.1, 0.15) is 41.4 Å². The molecule has 0 bridgehead atoms. The molecule has 0 radical (unpaired) electrons. The fraction of sp³-hybridized carbons (Fsp3) is 0.727. The number of fused-ring (bicyclic) bond motifs is 1. The maximum absolute atomic E-state index is 6.13. The van der Waals surface area contributed by atoms with Crippen LogP contribution in [0.5, 0.6) is 0 Å². The highest BCUT2D eigenvalue weighted by molar-refractivity contribution is 7.99. The van der Waals surface area contributed by atoms with Gasteiger partial charge in [-0.2, -0.15) is 11.8 Å². The molecule has 1 atom stereocenters. The minimum absolute atomic E-state index is 0.166. The van der Waals surface area contributed by atoms with Crippen molar-refractivity contribution in [1.82, 2.24) is 4.98 Å². The lowest BCUT2D eigenvalue weighted by Crippen LogP contribution is -2.11. The normalized spacial score (nSPS) is 16.7. The summed E-state index contributed by atoms with van der Waals surface area (Å²) in [6.45, 7) is 2.19. The Morgan fingerprint density at radius 1 is 1.53 bits per heavy atom. The Labute approximate surface area is 99.7 Å². The summed E-state index contributed by atoms with van der Waals surface area (Å²) in [5, 5.41) is 1.16. The molecule has 2 nitrogen and oxygen atoms in total. The van der Waals surface area contributed by atoms with Crippen LogP contribution in [-0.4, -0.2) is 16.5 Å². The summed E-state index contributed by atoms with van der Waals surface area (Å²) < 4.78 is 0. The predicted molar refractivity (Wildman–Crippen MR) is 68.7 cm³/mol. The number of rotatable bonds is 5. The van der Waals surface area contributed by atoms with Crippen molar-refractivity contribution in [3.05, 3.63) is 15.6 Å². The van der Waals surface area contributed by atoms with E-state index in [0.29, 0.717) is 0 Å². The van der Waals surface area contributed by atoms with Crippen molar-refractivity contribution < 1.29 is 0 Å². The quantitative estimate of drug-likeness (QED) is 0.807. The Morgan fingerprint density at radius 3 is 3.13 bits per heavy atom. The van der Waals surface area contributed by atoms with Gasteiger partial charge in [0.1, 0.15) is 5.01 Å². The van der Waals surface area contributed by atoms with Crippen LogP contribution < -0.4 is 5.73 Å². The van der Waals surface area contributed by atoms with E-state index >= 15 is 0 Å². The summed E-state index contributed by atoms with van der Waals surface area (Å²) in [6, 6.07) is 0.166. The monoisotopic (exact) mass is 242 g/mol. The zero-order chi connectivity index (χ0) is 10.7. The van der Waals surface area contributed by atoms with Gasteiger partial charge in [0.2, 0.25) is 0 Å². The lowest BCUT2D eigenvalue weighted by Gasteiger charge is -2.07. The highest BCUT2D eigenvalue weighted by Gasteiger charge is 2.19. The Morgan fingerprint density at radius 2 is 2.40 bits per heavy atom. The first kappa shape index (κ1) is 11.4. The molecule has 4 heteroatoms. The first-order valence-corrected chi connectivity index (χ1v) is 7.60. The van der Waals surface area contributed by atoms with Crippen molar-refractivity contribution in [2.24, 2.45) is 5.73 Å². The molecule has 1 heterocycles. The van der Waals surface area contributed by atoms with Crippen molar-refractivity contribution in [1.29, 1.82) is 0 Å². The van der Waals surface area contributed by atoms with Crippen LogP contribution in [-0.2, 0) is 12.8 Å². The molecular weight excluding hydrogens is 224 g/mol. The first-order chi connectivity index (χ1) is 7.31. The van der Waals surface area contributed by atoms with E-state index in [2.05, 4.69) is 11.9 Å². The fourth-order valence-corrected chi connectivity index (χ4v) is 3.75. The molecule has 1 aromatic heterocycles. The number of aryl methyl sites for hydroxylation is 2. The van der Waals surface area contributed by atoms with Gasteiger partial charge in [-0.15, -0.1) is 11.3 Å². The van der Waals surface area contributed by atoms with Gasteiger partial charge >= 0.3 is 0 Å². The molecule has 0 spiro atoms. The molecule has 1 aromatic rings. The molecule has 0 saturated carbocycles. The summed E-state index contributed by atoms with van der Waals surface area (Å²) in [7, 11) is 0. The number of aromatic nitrogens is 1. The fourth-order valence-electron chi connectivity index (χ4n) is 1.85. The highest BCUT2D eigenvalue weighted by atomic mass is 32.2. The van der Waals surface area contributed by atoms with Gasteiger partial charge in [-0.3, -0.25) is 0 Å². The predicted octanol–water partition coefficient (Wildman–Crippen LogP) is 2.77. The first-order valence-electron chi connectivity index (χ1n) is 5.63. The Hall–Kier alpha value is -0.0600. The third-order valence-corrected chi connectivity index (χ3v) is 4.93. The zero-order valence-corrected chi connectivity index (χ0v) is 10.8. The van der Waals surface area contributed by atoms with Crippen LogP contribution in [0.4, 0.5) is 0 Å². The maximum atomic E-state index is 6.13. The molecule has 1 unspecified atom stereocenters. The van der Waals surface area contributed by atoms with Crippen LogP contribution >= 0.6 is 23.1 Å². The number of thiazole rings is 1. The molecule has 0 aromatic carbocycles. The summed E-state index contributed by atoms with van der Waals surface area (Å²) >= 11 is 3.80. The molecule has 1 aliphatic carbocycles. The molecule has 2 rings (SSSR count). The zero-order valence-electron chi connectivity index (χ0n) is 9.16. The Kier molecular flexibility index (Phi) is 4.05. The Bertz CT molecular complexity index is 301. The van der Waals surface area contributed by atoms with Crippen molar-refractivity contribution in [2.45, 2.75) is 38.6 Å². The summed E-state index contributed by atoms with van der Waals surface area (Å²) in [4.78, 5) is 6.14. The second-order valence-electron chi connectivity index (χ2n) is 3.87. The number of thioether (sulfide) groups is 1. The average molecular weight is 242 g/mol. The minimum atomic E-state index is 0.166. The minimum Gasteiger partial charge on any atom is -0.322 e. The molecular formula is C11H18N2S2. The third kappa shape index (κ3) is 2.74. The molecule has 2 N–H and O–H groups in total. The van der Waals surface area contributed by atoms with Gasteiger partial charge in [0.25, 0.3) is 0 Å². The second kappa shape index (κ2) is 5.32. The number of hydrogen-bond acceptors (Lipinski definition) is 4. The molecule has 1 aliphatic rings. The van der Waals surface area contributed by atoms with Crippen LogP contribution in [0.25, 0.3) is 0 Å². The number of nitrogens with two attached hydrogens (primary N) is 1. The van der Waals surface area contributed by atoms with Gasteiger partial charge < -0.3 is 5.73 Å². The number of nitrogens with zero attached hydrogens (tertiary/aromatic N) is 1. The largest absolute Gasteiger partial charge is 0.322 e. The van der Waals surface area contributed by atoms with Crippen molar-refractivity contribution in [3.63, 3.8) is 0 Å². The van der Waals surface area contributed by atoms with Crippen molar-refractivity contribution in [2.75, 3.05) is 11.5 Å². The summed E-state index contributed by atoms with van der Waals surface area (Å²) in [5.41, 5.74) is 7.46. The standard InChI is InChI=1S/C11H18N2S2/c1-2-14-7-6-8(12)11-13-9-4-3-5-10(9)15-11/h8H,2-7,12H2,1H3.